The first-order chi connectivity index (χ1) is 5.91. The fourth-order valence-corrected chi connectivity index (χ4v) is 1.11. The van der Waals surface area contributed by atoms with Crippen molar-refractivity contribution in [1.29, 1.82) is 0 Å². The first-order valence-electron chi connectivity index (χ1n) is 4.03. The lowest BCUT2D eigenvalue weighted by Crippen LogP contribution is -2.27. The molecule has 13 heavy (non-hydrogen) atoms. The molecule has 1 heterocycles. The summed E-state index contributed by atoms with van der Waals surface area (Å²) in [5.41, 5.74) is 2.63. The van der Waals surface area contributed by atoms with E-state index in [1.54, 1.807) is 0 Å². The van der Waals surface area contributed by atoms with Crippen LogP contribution in [-0.2, 0) is 11.8 Å². The maximum absolute atomic E-state index is 8.89. The molecule has 0 aliphatic heterocycles. The lowest BCUT2D eigenvalue weighted by molar-refractivity contribution is -0.672. The third-order valence-electron chi connectivity index (χ3n) is 1.27. The van der Waals surface area contributed by atoms with Crippen LogP contribution < -0.4 is 9.67 Å². The molecule has 0 spiro atoms. The van der Waals surface area contributed by atoms with Gasteiger partial charge in [0.2, 0.25) is 0 Å². The minimum Gasteiger partial charge on any atom is -0.550 e. The Morgan fingerprint density at radius 3 is 1.85 bits per heavy atom. The molecular formula is C10H15NO2. The predicted molar refractivity (Wildman–Crippen MR) is 47.8 cm³/mol. The van der Waals surface area contributed by atoms with E-state index in [0.717, 1.165) is 6.92 Å². The molecule has 0 saturated heterocycles. The Morgan fingerprint density at radius 2 is 1.62 bits per heavy atom. The molecule has 0 amide bonds. The van der Waals surface area contributed by atoms with E-state index in [4.69, 9.17) is 9.90 Å². The van der Waals surface area contributed by atoms with Crippen LogP contribution in [0.15, 0.2) is 18.5 Å². The van der Waals surface area contributed by atoms with Crippen LogP contribution in [0.25, 0.3) is 0 Å². The number of carbonyl (C=O) groups is 1. The van der Waals surface area contributed by atoms with Crippen molar-refractivity contribution >= 4 is 5.97 Å². The van der Waals surface area contributed by atoms with Gasteiger partial charge in [-0.15, -0.1) is 0 Å². The molecule has 1 rings (SSSR count). The van der Waals surface area contributed by atoms with Crippen molar-refractivity contribution in [3.63, 3.8) is 0 Å². The standard InChI is InChI=1S/C8H12N.C2H4O2/c1-7-4-8(2)6-9(3)5-7;1-2(3)4/h4-6H,1-3H3;1H3,(H,3,4)/q+1;/p-1. The van der Waals surface area contributed by atoms with Gasteiger partial charge < -0.3 is 9.90 Å². The third-order valence-corrected chi connectivity index (χ3v) is 1.27. The van der Waals surface area contributed by atoms with Crippen molar-refractivity contribution < 1.29 is 14.5 Å². The molecule has 0 saturated carbocycles. The van der Waals surface area contributed by atoms with Gasteiger partial charge in [-0.1, -0.05) is 0 Å². The van der Waals surface area contributed by atoms with E-state index in [0.29, 0.717) is 0 Å². The molecule has 0 unspecified atom stereocenters. The highest BCUT2D eigenvalue weighted by Gasteiger charge is 1.93. The van der Waals surface area contributed by atoms with Crippen LogP contribution in [-0.4, -0.2) is 5.97 Å². The number of aliphatic carboxylic acids is 1. The van der Waals surface area contributed by atoms with Crippen molar-refractivity contribution in [1.82, 2.24) is 0 Å². The average molecular weight is 181 g/mol. The Bertz CT molecular complexity index is 240. The summed E-state index contributed by atoms with van der Waals surface area (Å²) in [6.45, 7) is 5.18. The van der Waals surface area contributed by atoms with Gasteiger partial charge in [0.15, 0.2) is 12.4 Å². The van der Waals surface area contributed by atoms with Crippen molar-refractivity contribution in [2.24, 2.45) is 7.05 Å². The van der Waals surface area contributed by atoms with Gasteiger partial charge in [0.25, 0.3) is 0 Å². The number of carboxylic acids is 1. The second-order valence-corrected chi connectivity index (χ2v) is 3.05. The molecule has 0 aliphatic rings. The summed E-state index contributed by atoms with van der Waals surface area (Å²) in [7, 11) is 2.04. The second-order valence-electron chi connectivity index (χ2n) is 3.05. The molecule has 0 atom stereocenters. The van der Waals surface area contributed by atoms with Gasteiger partial charge in [0.05, 0.1) is 0 Å². The fourth-order valence-electron chi connectivity index (χ4n) is 1.11. The molecule has 1 aromatic rings. The number of nitrogens with zero attached hydrogens (tertiary/aromatic N) is 1. The van der Waals surface area contributed by atoms with Gasteiger partial charge in [-0.3, -0.25) is 0 Å². The van der Waals surface area contributed by atoms with Gasteiger partial charge in [0, 0.05) is 17.1 Å². The first-order valence-corrected chi connectivity index (χ1v) is 4.03. The van der Waals surface area contributed by atoms with Gasteiger partial charge in [-0.05, 0) is 26.8 Å². The molecule has 0 fully saturated rings. The van der Waals surface area contributed by atoms with Gasteiger partial charge in [-0.25, -0.2) is 4.57 Å². The highest BCUT2D eigenvalue weighted by molar-refractivity contribution is 5.60. The number of rotatable bonds is 0. The predicted octanol–water partition coefficient (Wildman–Crippen LogP) is -0.116. The summed E-state index contributed by atoms with van der Waals surface area (Å²) in [5, 5.41) is 8.89. The van der Waals surface area contributed by atoms with E-state index in [1.165, 1.54) is 11.1 Å². The Hall–Kier alpha value is -1.38. The quantitative estimate of drug-likeness (QED) is 0.524. The fraction of sp³-hybridized carbons (Fsp3) is 0.400. The summed E-state index contributed by atoms with van der Waals surface area (Å²) >= 11 is 0. The summed E-state index contributed by atoms with van der Waals surface area (Å²) in [4.78, 5) is 8.89. The number of hydrogen-bond donors (Lipinski definition) is 0. The Morgan fingerprint density at radius 1 is 1.31 bits per heavy atom. The molecule has 0 radical (unpaired) electrons. The first kappa shape index (κ1) is 11.6. The van der Waals surface area contributed by atoms with Crippen LogP contribution in [0, 0.1) is 13.8 Å². The Labute approximate surface area is 78.6 Å². The molecule has 0 aromatic carbocycles. The monoisotopic (exact) mass is 181 g/mol. The van der Waals surface area contributed by atoms with Crippen LogP contribution in [0.3, 0.4) is 0 Å². The number of carbonyl (C=O) groups excluding carboxylic acids is 1. The van der Waals surface area contributed by atoms with E-state index < -0.39 is 5.97 Å². The Kier molecular flexibility index (Phi) is 4.74. The average Bonchev–Trinajstić information content (AvgIpc) is 1.80. The molecule has 3 heteroatoms. The van der Waals surface area contributed by atoms with Crippen LogP contribution in [0.4, 0.5) is 0 Å². The van der Waals surface area contributed by atoms with Crippen molar-refractivity contribution in [3.8, 4) is 0 Å². The minimum atomic E-state index is -1.08. The zero-order valence-corrected chi connectivity index (χ0v) is 8.50. The second kappa shape index (κ2) is 5.30. The van der Waals surface area contributed by atoms with Crippen molar-refractivity contribution in [3.05, 3.63) is 29.6 Å². The SMILES string of the molecule is CC(=O)[O-].Cc1cc(C)c[n+](C)c1. The summed E-state index contributed by atoms with van der Waals surface area (Å²) in [5.74, 6) is -1.08. The molecule has 1 aromatic heterocycles. The maximum Gasteiger partial charge on any atom is 0.171 e. The lowest BCUT2D eigenvalue weighted by atomic mass is 10.2. The zero-order chi connectivity index (χ0) is 10.4. The molecule has 3 nitrogen and oxygen atoms in total. The molecule has 0 bridgehead atoms. The van der Waals surface area contributed by atoms with E-state index in [9.17, 15) is 0 Å². The molecule has 72 valence electrons. The number of aromatic nitrogens is 1. The van der Waals surface area contributed by atoms with E-state index in [1.807, 2.05) is 7.05 Å². The van der Waals surface area contributed by atoms with Crippen molar-refractivity contribution in [2.45, 2.75) is 20.8 Å². The van der Waals surface area contributed by atoms with Crippen molar-refractivity contribution in [2.75, 3.05) is 0 Å². The summed E-state index contributed by atoms with van der Waals surface area (Å²) < 4.78 is 2.07. The highest BCUT2D eigenvalue weighted by Crippen LogP contribution is 1.95. The minimum absolute atomic E-state index is 0.972. The van der Waals surface area contributed by atoms with Gasteiger partial charge >= 0.3 is 0 Å². The number of pyridine rings is 1. The van der Waals surface area contributed by atoms with Gasteiger partial charge in [-0.2, -0.15) is 0 Å². The zero-order valence-electron chi connectivity index (χ0n) is 8.50. The summed E-state index contributed by atoms with van der Waals surface area (Å²) in [6.07, 6.45) is 4.21. The molecule has 0 aliphatic carbocycles. The summed E-state index contributed by atoms with van der Waals surface area (Å²) in [6, 6.07) is 2.17. The third kappa shape index (κ3) is 7.00. The van der Waals surface area contributed by atoms with E-state index in [2.05, 4.69) is 36.9 Å². The number of hydrogen-bond acceptors (Lipinski definition) is 2. The number of carboxylic acid groups (broad SMARTS) is 1. The number of aryl methyl sites for hydroxylation is 3. The lowest BCUT2D eigenvalue weighted by Gasteiger charge is -1.91. The maximum atomic E-state index is 8.89. The van der Waals surface area contributed by atoms with Crippen LogP contribution >= 0.6 is 0 Å². The molecular weight excluding hydrogens is 166 g/mol. The van der Waals surface area contributed by atoms with Crippen LogP contribution in [0.1, 0.15) is 18.1 Å². The smallest absolute Gasteiger partial charge is 0.171 e. The van der Waals surface area contributed by atoms with Crippen LogP contribution in [0.2, 0.25) is 0 Å². The van der Waals surface area contributed by atoms with E-state index in [-0.39, 0.29) is 0 Å². The van der Waals surface area contributed by atoms with Crippen LogP contribution in [0.5, 0.6) is 0 Å². The van der Waals surface area contributed by atoms with E-state index >= 15 is 0 Å². The Balaban J connectivity index is 0.000000310. The van der Waals surface area contributed by atoms with Gasteiger partial charge in [0.1, 0.15) is 7.05 Å². The molecule has 0 N–H and O–H groups in total. The largest absolute Gasteiger partial charge is 0.550 e. The topological polar surface area (TPSA) is 44.0 Å². The highest BCUT2D eigenvalue weighted by atomic mass is 16.4. The normalized spacial score (nSPS) is 8.62.